The molecule has 0 radical (unpaired) electrons. The van der Waals surface area contributed by atoms with Gasteiger partial charge in [-0.1, -0.05) is 30.3 Å². The van der Waals surface area contributed by atoms with Crippen molar-refractivity contribution in [2.75, 3.05) is 0 Å². The summed E-state index contributed by atoms with van der Waals surface area (Å²) in [5, 5.41) is 0.503. The Labute approximate surface area is 172 Å². The van der Waals surface area contributed by atoms with Crippen LogP contribution in [0.5, 0.6) is 5.75 Å². The Hall–Kier alpha value is -3.58. The number of nitrogens with zero attached hydrogens (tertiary/aromatic N) is 1. The average molecular weight is 421 g/mol. The molecule has 0 N–H and O–H groups in total. The highest BCUT2D eigenvalue weighted by atomic mass is 32.2. The molecule has 1 heterocycles. The molecule has 0 unspecified atom stereocenters. The molecule has 4 aromatic rings. The van der Waals surface area contributed by atoms with Gasteiger partial charge in [-0.25, -0.2) is 17.6 Å². The maximum absolute atomic E-state index is 13.4. The molecule has 1 aromatic heterocycles. The van der Waals surface area contributed by atoms with E-state index in [0.29, 0.717) is 16.5 Å². The van der Waals surface area contributed by atoms with Crippen LogP contribution in [0.1, 0.15) is 15.9 Å². The largest absolute Gasteiger partial charge is 0.421 e. The van der Waals surface area contributed by atoms with Gasteiger partial charge >= 0.3 is 5.97 Å². The summed E-state index contributed by atoms with van der Waals surface area (Å²) in [4.78, 5) is 16.9. The quantitative estimate of drug-likeness (QED) is 0.442. The normalized spacial score (nSPS) is 11.4. The van der Waals surface area contributed by atoms with Gasteiger partial charge in [0, 0.05) is 5.39 Å². The van der Waals surface area contributed by atoms with Crippen molar-refractivity contribution < 1.29 is 22.3 Å². The number of rotatable bonds is 5. The number of pyridine rings is 1. The lowest BCUT2D eigenvalue weighted by atomic mass is 10.1. The highest BCUT2D eigenvalue weighted by Gasteiger charge is 2.17. The predicted octanol–water partition coefficient (Wildman–Crippen LogP) is 4.57. The first-order valence-corrected chi connectivity index (χ1v) is 10.7. The maximum Gasteiger partial charge on any atom is 0.343 e. The van der Waals surface area contributed by atoms with E-state index in [-0.39, 0.29) is 22.0 Å². The molecule has 0 aliphatic carbocycles. The van der Waals surface area contributed by atoms with Crippen LogP contribution in [0.25, 0.3) is 10.9 Å². The lowest BCUT2D eigenvalue weighted by molar-refractivity contribution is 0.0734. The van der Waals surface area contributed by atoms with E-state index in [9.17, 15) is 17.6 Å². The van der Waals surface area contributed by atoms with Gasteiger partial charge in [-0.2, -0.15) is 0 Å². The molecule has 0 aliphatic heterocycles. The Morgan fingerprint density at radius 3 is 2.53 bits per heavy atom. The fraction of sp³-hybridized carbons (Fsp3) is 0.0435. The van der Waals surface area contributed by atoms with Crippen molar-refractivity contribution in [3.63, 3.8) is 0 Å². The Morgan fingerprint density at radius 2 is 1.73 bits per heavy atom. The van der Waals surface area contributed by atoms with Gasteiger partial charge in [0.15, 0.2) is 9.84 Å². The van der Waals surface area contributed by atoms with Gasteiger partial charge in [0.1, 0.15) is 11.6 Å². The second-order valence-corrected chi connectivity index (χ2v) is 8.66. The van der Waals surface area contributed by atoms with Crippen LogP contribution in [-0.2, 0) is 15.6 Å². The first-order valence-electron chi connectivity index (χ1n) is 9.05. The number of ether oxygens (including phenoxy) is 1. The number of sulfone groups is 1. The zero-order valence-corrected chi connectivity index (χ0v) is 16.5. The summed E-state index contributed by atoms with van der Waals surface area (Å²) in [5.74, 6) is -1.15. The molecule has 150 valence electrons. The minimum absolute atomic E-state index is 0.167. The third-order valence-electron chi connectivity index (χ3n) is 4.45. The SMILES string of the molecule is O=C(Oc1cnc2ccc(F)cc2c1)c1cccc(CS(=O)(=O)c2ccccc2)c1. The maximum atomic E-state index is 13.4. The van der Waals surface area contributed by atoms with Gasteiger partial charge in [-0.3, -0.25) is 4.98 Å². The summed E-state index contributed by atoms with van der Waals surface area (Å²) in [6.45, 7) is 0. The number of aromatic nitrogens is 1. The number of carbonyl (C=O) groups is 1. The molecular formula is C23H16FNO4S. The second kappa shape index (κ2) is 8.04. The van der Waals surface area contributed by atoms with Gasteiger partial charge in [-0.15, -0.1) is 0 Å². The van der Waals surface area contributed by atoms with Gasteiger partial charge < -0.3 is 4.74 Å². The van der Waals surface area contributed by atoms with Crippen molar-refractivity contribution in [2.45, 2.75) is 10.6 Å². The van der Waals surface area contributed by atoms with Gasteiger partial charge in [-0.05, 0) is 54.1 Å². The first kappa shape index (κ1) is 19.7. The molecule has 0 amide bonds. The van der Waals surface area contributed by atoms with E-state index in [4.69, 9.17) is 4.74 Å². The van der Waals surface area contributed by atoms with Gasteiger partial charge in [0.2, 0.25) is 0 Å². The van der Waals surface area contributed by atoms with Crippen molar-refractivity contribution in [1.29, 1.82) is 0 Å². The number of benzene rings is 3. The van der Waals surface area contributed by atoms with E-state index in [2.05, 4.69) is 4.98 Å². The van der Waals surface area contributed by atoms with E-state index in [1.807, 2.05) is 0 Å². The summed E-state index contributed by atoms with van der Waals surface area (Å²) in [6.07, 6.45) is 1.38. The lowest BCUT2D eigenvalue weighted by Gasteiger charge is -2.08. The number of carbonyl (C=O) groups excluding carboxylic acids is 1. The Kier molecular flexibility index (Phi) is 5.29. The highest BCUT2D eigenvalue weighted by molar-refractivity contribution is 7.90. The first-order chi connectivity index (χ1) is 14.4. The molecular weight excluding hydrogens is 405 g/mol. The van der Waals surface area contributed by atoms with Crippen molar-refractivity contribution in [3.05, 3.63) is 102 Å². The van der Waals surface area contributed by atoms with Gasteiger partial charge in [0.05, 0.1) is 27.9 Å². The molecule has 30 heavy (non-hydrogen) atoms. The average Bonchev–Trinajstić information content (AvgIpc) is 2.74. The van der Waals surface area contributed by atoms with Crippen LogP contribution in [0.15, 0.2) is 90.0 Å². The molecule has 0 aliphatic rings. The molecule has 4 rings (SSSR count). The fourth-order valence-electron chi connectivity index (χ4n) is 3.02. The zero-order chi connectivity index (χ0) is 21.1. The number of esters is 1. The van der Waals surface area contributed by atoms with Crippen molar-refractivity contribution >= 4 is 26.7 Å². The summed E-state index contributed by atoms with van der Waals surface area (Å²) in [7, 11) is -3.54. The molecule has 0 atom stereocenters. The predicted molar refractivity (Wildman–Crippen MR) is 110 cm³/mol. The summed E-state index contributed by atoms with van der Waals surface area (Å²) in [5.41, 5.74) is 1.24. The molecule has 0 fully saturated rings. The van der Waals surface area contributed by atoms with E-state index in [0.717, 1.165) is 0 Å². The number of hydrogen-bond acceptors (Lipinski definition) is 5. The molecule has 0 saturated carbocycles. The molecule has 0 spiro atoms. The minimum atomic E-state index is -3.54. The van der Waals surface area contributed by atoms with E-state index in [1.54, 1.807) is 30.3 Å². The number of hydrogen-bond donors (Lipinski definition) is 0. The monoisotopic (exact) mass is 421 g/mol. The van der Waals surface area contributed by atoms with Crippen LogP contribution < -0.4 is 4.74 Å². The second-order valence-electron chi connectivity index (χ2n) is 6.67. The Bertz CT molecular complexity index is 1340. The number of halogens is 1. The smallest absolute Gasteiger partial charge is 0.343 e. The third-order valence-corrected chi connectivity index (χ3v) is 6.15. The van der Waals surface area contributed by atoms with Crippen LogP contribution >= 0.6 is 0 Å². The standard InChI is InChI=1S/C23H16FNO4S/c24-19-9-10-22-18(12-19)13-20(14-25-22)29-23(26)17-6-4-5-16(11-17)15-30(27,28)21-7-2-1-3-8-21/h1-14H,15H2. The summed E-state index contributed by atoms with van der Waals surface area (Å²) < 4.78 is 43.9. The Morgan fingerprint density at radius 1 is 0.933 bits per heavy atom. The molecule has 0 saturated heterocycles. The topological polar surface area (TPSA) is 73.3 Å². The lowest BCUT2D eigenvalue weighted by Crippen LogP contribution is -2.10. The summed E-state index contributed by atoms with van der Waals surface area (Å²) >= 11 is 0. The van der Waals surface area contributed by atoms with Crippen LogP contribution in [-0.4, -0.2) is 19.4 Å². The molecule has 3 aromatic carbocycles. The van der Waals surface area contributed by atoms with Crippen LogP contribution in [0, 0.1) is 5.82 Å². The molecule has 7 heteroatoms. The fourth-order valence-corrected chi connectivity index (χ4v) is 4.38. The zero-order valence-electron chi connectivity index (χ0n) is 15.7. The molecule has 5 nitrogen and oxygen atoms in total. The highest BCUT2D eigenvalue weighted by Crippen LogP contribution is 2.21. The van der Waals surface area contributed by atoms with Crippen LogP contribution in [0.4, 0.5) is 4.39 Å². The van der Waals surface area contributed by atoms with Crippen molar-refractivity contribution in [1.82, 2.24) is 4.98 Å². The number of fused-ring (bicyclic) bond motifs is 1. The van der Waals surface area contributed by atoms with E-state index >= 15 is 0 Å². The van der Waals surface area contributed by atoms with E-state index < -0.39 is 21.6 Å². The molecule has 0 bridgehead atoms. The van der Waals surface area contributed by atoms with Crippen molar-refractivity contribution in [2.24, 2.45) is 0 Å². The van der Waals surface area contributed by atoms with Crippen molar-refractivity contribution in [3.8, 4) is 5.75 Å². The van der Waals surface area contributed by atoms with Gasteiger partial charge in [0.25, 0.3) is 0 Å². The minimum Gasteiger partial charge on any atom is -0.421 e. The van der Waals surface area contributed by atoms with Crippen LogP contribution in [0.2, 0.25) is 0 Å². The van der Waals surface area contributed by atoms with E-state index in [1.165, 1.54) is 54.7 Å². The third kappa shape index (κ3) is 4.36. The Balaban J connectivity index is 1.54. The summed E-state index contributed by atoms with van der Waals surface area (Å²) in [6, 6.07) is 20.0. The van der Waals surface area contributed by atoms with Crippen LogP contribution in [0.3, 0.4) is 0 Å².